The molecule has 31 heavy (non-hydrogen) atoms. The molecule has 4 aromatic rings. The van der Waals surface area contributed by atoms with Crippen molar-refractivity contribution in [3.63, 3.8) is 0 Å². The molecule has 0 spiro atoms. The predicted molar refractivity (Wildman–Crippen MR) is 114 cm³/mol. The van der Waals surface area contributed by atoms with Crippen molar-refractivity contribution < 1.29 is 14.4 Å². The van der Waals surface area contributed by atoms with Crippen LogP contribution >= 0.6 is 11.3 Å². The summed E-state index contributed by atoms with van der Waals surface area (Å²) in [4.78, 5) is 44.1. The summed E-state index contributed by atoms with van der Waals surface area (Å²) in [5.74, 6) is -1.08. The van der Waals surface area contributed by atoms with Crippen LogP contribution in [0.5, 0.6) is 0 Å². The Kier molecular flexibility index (Phi) is 4.52. The first-order valence-corrected chi connectivity index (χ1v) is 10.4. The van der Waals surface area contributed by atoms with E-state index in [4.69, 9.17) is 0 Å². The summed E-state index contributed by atoms with van der Waals surface area (Å²) in [5, 5.41) is 5.44. The van der Waals surface area contributed by atoms with Crippen molar-refractivity contribution in [3.8, 4) is 0 Å². The van der Waals surface area contributed by atoms with Gasteiger partial charge in [0.1, 0.15) is 0 Å². The average molecular weight is 431 g/mol. The molecule has 0 saturated carbocycles. The topological polar surface area (TPSA) is 95.8 Å². The quantitative estimate of drug-likeness (QED) is 0.475. The number of nitrogens with one attached hydrogen (secondary N) is 2. The van der Waals surface area contributed by atoms with Gasteiger partial charge in [-0.2, -0.15) is 5.01 Å². The van der Waals surface area contributed by atoms with E-state index in [1.807, 2.05) is 28.1 Å². The van der Waals surface area contributed by atoms with Gasteiger partial charge in [0, 0.05) is 17.8 Å². The Labute approximate surface area is 181 Å². The number of carbonyl (C=O) groups excluding carboxylic acids is 3. The minimum atomic E-state index is -1.43. The van der Waals surface area contributed by atoms with Gasteiger partial charge in [-0.25, -0.2) is 9.78 Å². The van der Waals surface area contributed by atoms with Gasteiger partial charge in [0.15, 0.2) is 10.5 Å². The highest BCUT2D eigenvalue weighted by Gasteiger charge is 2.54. The van der Waals surface area contributed by atoms with Crippen LogP contribution in [-0.2, 0) is 21.5 Å². The number of imidazole rings is 1. The van der Waals surface area contributed by atoms with Gasteiger partial charge in [-0.1, -0.05) is 60.7 Å². The van der Waals surface area contributed by atoms with Crippen LogP contribution in [0.1, 0.15) is 16.8 Å². The van der Waals surface area contributed by atoms with Crippen LogP contribution < -0.4 is 10.7 Å². The van der Waals surface area contributed by atoms with Crippen LogP contribution in [0.4, 0.5) is 4.79 Å². The summed E-state index contributed by atoms with van der Waals surface area (Å²) in [5.41, 5.74) is 2.77. The zero-order chi connectivity index (χ0) is 21.4. The number of nitrogens with zero attached hydrogens (tertiary/aromatic N) is 3. The van der Waals surface area contributed by atoms with Gasteiger partial charge in [0.05, 0.1) is 12.1 Å². The van der Waals surface area contributed by atoms with Gasteiger partial charge in [-0.05, 0) is 11.1 Å². The highest BCUT2D eigenvalue weighted by molar-refractivity contribution is 7.15. The fraction of sp³-hybridized carbons (Fsp3) is 0.0909. The molecule has 2 N–H and O–H groups in total. The molecule has 9 heteroatoms. The molecule has 3 heterocycles. The molecule has 0 aliphatic carbocycles. The van der Waals surface area contributed by atoms with Crippen molar-refractivity contribution >= 4 is 34.1 Å². The maximum Gasteiger partial charge on any atom is 0.344 e. The lowest BCUT2D eigenvalue weighted by Crippen LogP contribution is -2.49. The highest BCUT2D eigenvalue weighted by Crippen LogP contribution is 2.35. The zero-order valence-electron chi connectivity index (χ0n) is 16.2. The van der Waals surface area contributed by atoms with Crippen LogP contribution in [0.2, 0.25) is 0 Å². The van der Waals surface area contributed by atoms with Gasteiger partial charge in [0.2, 0.25) is 5.91 Å². The van der Waals surface area contributed by atoms with Gasteiger partial charge in [-0.3, -0.25) is 19.4 Å². The molecule has 0 unspecified atom stereocenters. The number of thiazole rings is 1. The van der Waals surface area contributed by atoms with Crippen LogP contribution in [0.25, 0.3) is 4.96 Å². The third kappa shape index (κ3) is 3.15. The SMILES string of the molecule is O=C(Cc1cn2ccsc2n1)NN1C(=O)NC(c2ccccc2)(c2ccccc2)C1=O. The van der Waals surface area contributed by atoms with Crippen molar-refractivity contribution in [3.05, 3.63) is 95.3 Å². The smallest absolute Gasteiger partial charge is 0.314 e. The number of carbonyl (C=O) groups is 3. The second-order valence-electron chi connectivity index (χ2n) is 7.09. The van der Waals surface area contributed by atoms with Crippen LogP contribution in [0.3, 0.4) is 0 Å². The Morgan fingerprint density at radius 1 is 1.03 bits per heavy atom. The Hall–Kier alpha value is -3.98. The molecular formula is C22H17N5O3S. The molecule has 1 fully saturated rings. The van der Waals surface area contributed by atoms with Crippen LogP contribution in [0.15, 0.2) is 78.4 Å². The largest absolute Gasteiger partial charge is 0.344 e. The summed E-state index contributed by atoms with van der Waals surface area (Å²) < 4.78 is 1.82. The van der Waals surface area contributed by atoms with Crippen molar-refractivity contribution in [2.75, 3.05) is 0 Å². The summed E-state index contributed by atoms with van der Waals surface area (Å²) in [6.45, 7) is 0. The first kappa shape index (κ1) is 19.0. The number of urea groups is 1. The maximum absolute atomic E-state index is 13.5. The minimum absolute atomic E-state index is 0.0604. The molecule has 8 nitrogen and oxygen atoms in total. The third-order valence-corrected chi connectivity index (χ3v) is 5.93. The summed E-state index contributed by atoms with van der Waals surface area (Å²) in [6, 6.07) is 17.2. The lowest BCUT2D eigenvalue weighted by molar-refractivity contribution is -0.138. The molecule has 1 aliphatic heterocycles. The molecule has 5 rings (SSSR count). The number of hydrazine groups is 1. The predicted octanol–water partition coefficient (Wildman–Crippen LogP) is 2.47. The molecule has 2 aromatic carbocycles. The average Bonchev–Trinajstić information content (AvgIpc) is 3.44. The standard InChI is InChI=1S/C22H17N5O3S/c28-18(13-17-14-26-11-12-31-21(26)23-17)25-27-19(29)22(24-20(27)30,15-7-3-1-4-8-15)16-9-5-2-6-10-16/h1-12,14H,13H2,(H,24,30)(H,25,28). The third-order valence-electron chi connectivity index (χ3n) is 5.16. The number of amides is 4. The van der Waals surface area contributed by atoms with Gasteiger partial charge in [-0.15, -0.1) is 11.3 Å². The molecule has 0 bridgehead atoms. The van der Waals surface area contributed by atoms with Gasteiger partial charge < -0.3 is 5.32 Å². The fourth-order valence-electron chi connectivity index (χ4n) is 3.76. The molecular weight excluding hydrogens is 414 g/mol. The van der Waals surface area contributed by atoms with E-state index in [2.05, 4.69) is 15.7 Å². The molecule has 4 amide bonds. The van der Waals surface area contributed by atoms with E-state index >= 15 is 0 Å². The van der Waals surface area contributed by atoms with Crippen LogP contribution in [0, 0.1) is 0 Å². The normalized spacial score (nSPS) is 15.3. The Morgan fingerprint density at radius 2 is 1.68 bits per heavy atom. The molecule has 1 aliphatic rings. The lowest BCUT2D eigenvalue weighted by atomic mass is 9.83. The number of rotatable bonds is 5. The fourth-order valence-corrected chi connectivity index (χ4v) is 4.47. The number of hydrogen-bond donors (Lipinski definition) is 2. The number of aromatic nitrogens is 2. The molecule has 154 valence electrons. The molecule has 2 aromatic heterocycles. The van der Waals surface area contributed by atoms with E-state index in [0.29, 0.717) is 16.8 Å². The number of fused-ring (bicyclic) bond motifs is 1. The van der Waals surface area contributed by atoms with E-state index in [-0.39, 0.29) is 6.42 Å². The van der Waals surface area contributed by atoms with Crippen molar-refractivity contribution in [2.45, 2.75) is 12.0 Å². The second kappa shape index (κ2) is 7.37. The van der Waals surface area contributed by atoms with Crippen molar-refractivity contribution in [1.29, 1.82) is 0 Å². The van der Waals surface area contributed by atoms with E-state index in [1.165, 1.54) is 11.3 Å². The first-order valence-electron chi connectivity index (χ1n) is 9.56. The highest BCUT2D eigenvalue weighted by atomic mass is 32.1. The summed E-state index contributed by atoms with van der Waals surface area (Å²) >= 11 is 1.46. The van der Waals surface area contributed by atoms with E-state index in [1.54, 1.807) is 54.7 Å². The molecule has 0 radical (unpaired) electrons. The maximum atomic E-state index is 13.5. The van der Waals surface area contributed by atoms with Gasteiger partial charge in [0.25, 0.3) is 5.91 Å². The van der Waals surface area contributed by atoms with E-state index in [9.17, 15) is 14.4 Å². The Bertz CT molecular complexity index is 1210. The molecule has 0 atom stereocenters. The summed E-state index contributed by atoms with van der Waals surface area (Å²) in [6.07, 6.45) is 3.53. The zero-order valence-corrected chi connectivity index (χ0v) is 17.0. The van der Waals surface area contributed by atoms with E-state index < -0.39 is 23.4 Å². The second-order valence-corrected chi connectivity index (χ2v) is 7.96. The summed E-state index contributed by atoms with van der Waals surface area (Å²) in [7, 11) is 0. The van der Waals surface area contributed by atoms with Crippen molar-refractivity contribution in [2.24, 2.45) is 0 Å². The number of hydrogen-bond acceptors (Lipinski definition) is 5. The minimum Gasteiger partial charge on any atom is -0.314 e. The van der Waals surface area contributed by atoms with Crippen molar-refractivity contribution in [1.82, 2.24) is 25.1 Å². The Morgan fingerprint density at radius 3 is 2.29 bits per heavy atom. The van der Waals surface area contributed by atoms with E-state index in [0.717, 1.165) is 9.97 Å². The Balaban J connectivity index is 1.44. The van der Waals surface area contributed by atoms with Gasteiger partial charge >= 0.3 is 6.03 Å². The molecule has 1 saturated heterocycles. The monoisotopic (exact) mass is 431 g/mol. The lowest BCUT2D eigenvalue weighted by Gasteiger charge is -2.27. The first-order chi connectivity index (χ1) is 15.1. The number of imide groups is 1. The van der Waals surface area contributed by atoms with Crippen LogP contribution in [-0.4, -0.2) is 32.2 Å². The number of benzene rings is 2.